The molecule has 20 heavy (non-hydrogen) atoms. The Bertz CT molecular complexity index is 737. The van der Waals surface area contributed by atoms with E-state index in [1.807, 2.05) is 31.2 Å². The average molecular weight is 263 g/mol. The molecule has 0 saturated carbocycles. The van der Waals surface area contributed by atoms with E-state index in [0.717, 1.165) is 16.8 Å². The highest BCUT2D eigenvalue weighted by atomic mass is 15.2. The van der Waals surface area contributed by atoms with E-state index in [9.17, 15) is 0 Å². The van der Waals surface area contributed by atoms with E-state index in [1.165, 1.54) is 10.8 Å². The van der Waals surface area contributed by atoms with Crippen LogP contribution in [0.2, 0.25) is 0 Å². The second-order valence-electron chi connectivity index (χ2n) is 4.91. The van der Waals surface area contributed by atoms with Gasteiger partial charge >= 0.3 is 0 Å². The fourth-order valence-corrected chi connectivity index (χ4v) is 2.52. The van der Waals surface area contributed by atoms with Crippen molar-refractivity contribution in [2.45, 2.75) is 13.0 Å². The molecule has 0 aliphatic rings. The van der Waals surface area contributed by atoms with Crippen LogP contribution in [0.3, 0.4) is 0 Å². The number of nitrogens with two attached hydrogens (primary N) is 1. The maximum Gasteiger partial charge on any atom is 0.0884 e. The maximum absolute atomic E-state index is 5.76. The summed E-state index contributed by atoms with van der Waals surface area (Å²) < 4.78 is 0. The summed E-state index contributed by atoms with van der Waals surface area (Å²) in [6.07, 6.45) is 1.80. The molecular formula is C17H17N3. The monoisotopic (exact) mass is 263 g/mol. The van der Waals surface area contributed by atoms with E-state index in [0.29, 0.717) is 0 Å². The van der Waals surface area contributed by atoms with Gasteiger partial charge in [0, 0.05) is 6.20 Å². The lowest BCUT2D eigenvalue weighted by Crippen LogP contribution is -2.30. The zero-order valence-electron chi connectivity index (χ0n) is 11.4. The molecule has 3 nitrogen and oxygen atoms in total. The van der Waals surface area contributed by atoms with Gasteiger partial charge in [0.25, 0.3) is 0 Å². The molecule has 1 aromatic heterocycles. The number of pyridine rings is 1. The summed E-state index contributed by atoms with van der Waals surface area (Å²) in [6, 6.07) is 18.6. The van der Waals surface area contributed by atoms with E-state index in [-0.39, 0.29) is 6.04 Å². The van der Waals surface area contributed by atoms with Crippen LogP contribution in [0.4, 0.5) is 0 Å². The van der Waals surface area contributed by atoms with Crippen LogP contribution in [0.1, 0.15) is 22.9 Å². The lowest BCUT2D eigenvalue weighted by Gasteiger charge is -2.18. The molecule has 0 fully saturated rings. The number of hydrogen-bond acceptors (Lipinski definition) is 3. The van der Waals surface area contributed by atoms with Crippen molar-refractivity contribution < 1.29 is 0 Å². The Morgan fingerprint density at radius 1 is 1.00 bits per heavy atom. The summed E-state index contributed by atoms with van der Waals surface area (Å²) in [5.41, 5.74) is 6.09. The minimum Gasteiger partial charge on any atom is -0.271 e. The van der Waals surface area contributed by atoms with E-state index in [2.05, 4.69) is 40.7 Å². The third-order valence-corrected chi connectivity index (χ3v) is 3.60. The SMILES string of the molecule is Cc1cccnc1C(NN)c1ccc2ccccc2c1. The number of rotatable bonds is 3. The highest BCUT2D eigenvalue weighted by molar-refractivity contribution is 5.83. The van der Waals surface area contributed by atoms with Crippen LogP contribution >= 0.6 is 0 Å². The van der Waals surface area contributed by atoms with Crippen LogP contribution in [0.15, 0.2) is 60.8 Å². The second-order valence-corrected chi connectivity index (χ2v) is 4.91. The molecule has 0 amide bonds. The molecule has 0 spiro atoms. The van der Waals surface area contributed by atoms with Crippen LogP contribution in [0, 0.1) is 6.92 Å². The molecule has 1 unspecified atom stereocenters. The first-order chi connectivity index (χ1) is 9.79. The third kappa shape index (κ3) is 2.29. The highest BCUT2D eigenvalue weighted by Gasteiger charge is 2.15. The minimum atomic E-state index is -0.0965. The van der Waals surface area contributed by atoms with Crippen molar-refractivity contribution in [1.29, 1.82) is 0 Å². The first kappa shape index (κ1) is 12.8. The summed E-state index contributed by atoms with van der Waals surface area (Å²) >= 11 is 0. The molecule has 3 aromatic rings. The Balaban J connectivity index is 2.10. The standard InChI is InChI=1S/C17H17N3/c1-12-5-4-10-19-16(12)17(20-18)15-9-8-13-6-2-3-7-14(13)11-15/h2-11,17,20H,18H2,1H3. The number of hydrogen-bond donors (Lipinski definition) is 2. The summed E-state index contributed by atoms with van der Waals surface area (Å²) in [5, 5.41) is 2.43. The number of aryl methyl sites for hydroxylation is 1. The van der Waals surface area contributed by atoms with E-state index in [1.54, 1.807) is 6.20 Å². The van der Waals surface area contributed by atoms with Crippen molar-refractivity contribution in [3.63, 3.8) is 0 Å². The Morgan fingerprint density at radius 3 is 2.55 bits per heavy atom. The maximum atomic E-state index is 5.76. The van der Waals surface area contributed by atoms with Gasteiger partial charge in [0.05, 0.1) is 11.7 Å². The predicted octanol–water partition coefficient (Wildman–Crippen LogP) is 3.10. The molecule has 1 atom stereocenters. The van der Waals surface area contributed by atoms with Gasteiger partial charge in [0.15, 0.2) is 0 Å². The average Bonchev–Trinajstić information content (AvgIpc) is 2.50. The summed E-state index contributed by atoms with van der Waals surface area (Å²) in [5.74, 6) is 5.76. The van der Waals surface area contributed by atoms with Crippen LogP contribution < -0.4 is 11.3 Å². The Hall–Kier alpha value is -2.23. The molecule has 0 saturated heterocycles. The molecule has 1 heterocycles. The smallest absolute Gasteiger partial charge is 0.0884 e. The largest absolute Gasteiger partial charge is 0.271 e. The van der Waals surface area contributed by atoms with Crippen molar-refractivity contribution in [2.24, 2.45) is 5.84 Å². The van der Waals surface area contributed by atoms with Crippen molar-refractivity contribution in [2.75, 3.05) is 0 Å². The Labute approximate surface area is 118 Å². The molecule has 3 rings (SSSR count). The lowest BCUT2D eigenvalue weighted by molar-refractivity contribution is 0.617. The molecule has 0 aliphatic carbocycles. The molecule has 3 heteroatoms. The third-order valence-electron chi connectivity index (χ3n) is 3.60. The van der Waals surface area contributed by atoms with Crippen LogP contribution in [0.5, 0.6) is 0 Å². The molecular weight excluding hydrogens is 246 g/mol. The molecule has 0 aliphatic heterocycles. The number of nitrogens with zero attached hydrogens (tertiary/aromatic N) is 1. The number of nitrogens with one attached hydrogen (secondary N) is 1. The highest BCUT2D eigenvalue weighted by Crippen LogP contribution is 2.25. The fourth-order valence-electron chi connectivity index (χ4n) is 2.52. The summed E-state index contributed by atoms with van der Waals surface area (Å²) in [4.78, 5) is 4.46. The van der Waals surface area contributed by atoms with Gasteiger partial charge < -0.3 is 0 Å². The Kier molecular flexibility index (Phi) is 3.46. The predicted molar refractivity (Wildman–Crippen MR) is 82.1 cm³/mol. The van der Waals surface area contributed by atoms with Gasteiger partial charge in [-0.05, 0) is 41.0 Å². The topological polar surface area (TPSA) is 50.9 Å². The molecule has 0 bridgehead atoms. The fraction of sp³-hybridized carbons (Fsp3) is 0.118. The quantitative estimate of drug-likeness (QED) is 0.564. The van der Waals surface area contributed by atoms with Gasteiger partial charge in [0.1, 0.15) is 0 Å². The molecule has 2 aromatic carbocycles. The second kappa shape index (κ2) is 5.41. The van der Waals surface area contributed by atoms with Crippen molar-refractivity contribution in [3.8, 4) is 0 Å². The first-order valence-corrected chi connectivity index (χ1v) is 6.66. The first-order valence-electron chi connectivity index (χ1n) is 6.66. The minimum absolute atomic E-state index is 0.0965. The Morgan fingerprint density at radius 2 is 1.80 bits per heavy atom. The van der Waals surface area contributed by atoms with Crippen LogP contribution in [-0.2, 0) is 0 Å². The number of benzene rings is 2. The van der Waals surface area contributed by atoms with Gasteiger partial charge in [-0.25, -0.2) is 5.43 Å². The van der Waals surface area contributed by atoms with E-state index < -0.39 is 0 Å². The number of hydrazine groups is 1. The van der Waals surface area contributed by atoms with Crippen molar-refractivity contribution >= 4 is 10.8 Å². The molecule has 3 N–H and O–H groups in total. The van der Waals surface area contributed by atoms with Crippen molar-refractivity contribution in [3.05, 3.63) is 77.6 Å². The lowest BCUT2D eigenvalue weighted by atomic mass is 9.98. The number of aromatic nitrogens is 1. The van der Waals surface area contributed by atoms with Gasteiger partial charge in [-0.3, -0.25) is 10.8 Å². The molecule has 100 valence electrons. The van der Waals surface area contributed by atoms with Crippen LogP contribution in [-0.4, -0.2) is 4.98 Å². The van der Waals surface area contributed by atoms with Crippen molar-refractivity contribution in [1.82, 2.24) is 10.4 Å². The van der Waals surface area contributed by atoms with E-state index >= 15 is 0 Å². The molecule has 0 radical (unpaired) electrons. The zero-order chi connectivity index (χ0) is 13.9. The van der Waals surface area contributed by atoms with Gasteiger partial charge in [-0.1, -0.05) is 42.5 Å². The van der Waals surface area contributed by atoms with Crippen LogP contribution in [0.25, 0.3) is 10.8 Å². The van der Waals surface area contributed by atoms with Gasteiger partial charge in [-0.15, -0.1) is 0 Å². The van der Waals surface area contributed by atoms with Gasteiger partial charge in [-0.2, -0.15) is 0 Å². The van der Waals surface area contributed by atoms with Gasteiger partial charge in [0.2, 0.25) is 0 Å². The summed E-state index contributed by atoms with van der Waals surface area (Å²) in [6.45, 7) is 2.05. The zero-order valence-corrected chi connectivity index (χ0v) is 11.4. The number of fused-ring (bicyclic) bond motifs is 1. The normalized spacial score (nSPS) is 12.5. The summed E-state index contributed by atoms with van der Waals surface area (Å²) in [7, 11) is 0. The van der Waals surface area contributed by atoms with E-state index in [4.69, 9.17) is 5.84 Å².